The first-order chi connectivity index (χ1) is 12.5. The quantitative estimate of drug-likeness (QED) is 0.542. The summed E-state index contributed by atoms with van der Waals surface area (Å²) in [5, 5.41) is 16.1. The molecule has 1 aliphatic heterocycles. The highest BCUT2D eigenvalue weighted by Crippen LogP contribution is 2.31. The van der Waals surface area contributed by atoms with Crippen LogP contribution in [0.5, 0.6) is 0 Å². The van der Waals surface area contributed by atoms with Gasteiger partial charge in [0, 0.05) is 24.7 Å². The van der Waals surface area contributed by atoms with Crippen molar-refractivity contribution in [1.29, 1.82) is 5.41 Å². The van der Waals surface area contributed by atoms with E-state index in [1.54, 1.807) is 17.0 Å². The maximum absolute atomic E-state index is 12.8. The Hall–Kier alpha value is -3.22. The molecule has 0 radical (unpaired) electrons. The Morgan fingerprint density at radius 3 is 2.58 bits per heavy atom. The number of aryl methyl sites for hydroxylation is 1. The first-order valence-electron chi connectivity index (χ1n) is 8.38. The van der Waals surface area contributed by atoms with E-state index in [1.807, 2.05) is 24.3 Å². The number of carbonyl (C=O) groups is 2. The summed E-state index contributed by atoms with van der Waals surface area (Å²) in [6, 6.07) is 10.9. The summed E-state index contributed by atoms with van der Waals surface area (Å²) in [4.78, 5) is 29.3. The third-order valence-electron chi connectivity index (χ3n) is 4.55. The van der Waals surface area contributed by atoms with E-state index >= 15 is 0 Å². The number of amides is 1. The molecule has 3 rings (SSSR count). The normalized spacial score (nSPS) is 16.7. The fourth-order valence-corrected chi connectivity index (χ4v) is 3.09. The molecule has 2 heterocycles. The van der Waals surface area contributed by atoms with E-state index in [-0.39, 0.29) is 24.1 Å². The molecule has 0 saturated carbocycles. The number of carboxylic acids is 1. The summed E-state index contributed by atoms with van der Waals surface area (Å²) < 4.78 is 0. The number of rotatable bonds is 6. The first kappa shape index (κ1) is 17.6. The fraction of sp³-hybridized carbons (Fsp3) is 0.263. The van der Waals surface area contributed by atoms with Gasteiger partial charge in [-0.05, 0) is 36.1 Å². The lowest BCUT2D eigenvalue weighted by Crippen LogP contribution is -2.27. The maximum atomic E-state index is 12.8. The van der Waals surface area contributed by atoms with Crippen LogP contribution < -0.4 is 10.6 Å². The predicted molar refractivity (Wildman–Crippen MR) is 97.4 cm³/mol. The van der Waals surface area contributed by atoms with Gasteiger partial charge in [-0.1, -0.05) is 24.3 Å². The number of hydrogen-bond acceptors (Lipinski definition) is 4. The number of nitrogens with zero attached hydrogens (tertiary/aromatic N) is 2. The Labute approximate surface area is 151 Å². The number of benzene rings is 1. The Kier molecular flexibility index (Phi) is 4.97. The lowest BCUT2D eigenvalue weighted by atomic mass is 9.96. The van der Waals surface area contributed by atoms with E-state index in [9.17, 15) is 9.59 Å². The van der Waals surface area contributed by atoms with Crippen molar-refractivity contribution in [3.63, 3.8) is 0 Å². The molecule has 1 aromatic heterocycles. The van der Waals surface area contributed by atoms with Gasteiger partial charge >= 0.3 is 5.97 Å². The average Bonchev–Trinajstić information content (AvgIpc) is 3.02. The van der Waals surface area contributed by atoms with Gasteiger partial charge < -0.3 is 10.8 Å². The molecular formula is C19H20N4O3. The van der Waals surface area contributed by atoms with Crippen molar-refractivity contribution in [2.45, 2.75) is 25.2 Å². The number of carbonyl (C=O) groups excluding carboxylic acids is 1. The molecule has 7 nitrogen and oxygen atoms in total. The third kappa shape index (κ3) is 3.72. The zero-order valence-corrected chi connectivity index (χ0v) is 14.2. The highest BCUT2D eigenvalue weighted by atomic mass is 16.4. The van der Waals surface area contributed by atoms with Crippen LogP contribution in [0.2, 0.25) is 0 Å². The summed E-state index contributed by atoms with van der Waals surface area (Å²) in [6.07, 6.45) is 2.77. The highest BCUT2D eigenvalue weighted by Gasteiger charge is 2.34. The molecule has 1 fully saturated rings. The molecule has 0 bridgehead atoms. The van der Waals surface area contributed by atoms with E-state index in [1.165, 1.54) is 6.20 Å². The van der Waals surface area contributed by atoms with Gasteiger partial charge in [0.2, 0.25) is 5.91 Å². The Balaban J connectivity index is 1.70. The molecule has 26 heavy (non-hydrogen) atoms. The topological polar surface area (TPSA) is 120 Å². The minimum absolute atomic E-state index is 0.00800. The van der Waals surface area contributed by atoms with E-state index in [4.69, 9.17) is 16.2 Å². The Morgan fingerprint density at radius 1 is 1.27 bits per heavy atom. The second-order valence-corrected chi connectivity index (χ2v) is 6.29. The molecule has 0 aliphatic carbocycles. The first-order valence-corrected chi connectivity index (χ1v) is 8.38. The van der Waals surface area contributed by atoms with Crippen molar-refractivity contribution in [3.8, 4) is 0 Å². The summed E-state index contributed by atoms with van der Waals surface area (Å²) >= 11 is 0. The number of nitrogen functional groups attached to an aromatic ring is 1. The van der Waals surface area contributed by atoms with E-state index < -0.39 is 5.97 Å². The lowest BCUT2D eigenvalue weighted by molar-refractivity contribution is -0.137. The van der Waals surface area contributed by atoms with E-state index in [2.05, 4.69) is 4.98 Å². The number of hydrogen-bond donors (Lipinski definition) is 3. The van der Waals surface area contributed by atoms with Crippen LogP contribution in [0.15, 0.2) is 42.6 Å². The van der Waals surface area contributed by atoms with E-state index in [0.29, 0.717) is 30.8 Å². The van der Waals surface area contributed by atoms with Crippen LogP contribution in [0, 0.1) is 5.41 Å². The molecule has 1 unspecified atom stereocenters. The van der Waals surface area contributed by atoms with Crippen molar-refractivity contribution in [1.82, 2.24) is 4.98 Å². The Morgan fingerprint density at radius 2 is 2.00 bits per heavy atom. The van der Waals surface area contributed by atoms with Crippen molar-refractivity contribution in [2.24, 2.45) is 5.73 Å². The maximum Gasteiger partial charge on any atom is 0.303 e. The zero-order chi connectivity index (χ0) is 18.7. The molecule has 0 spiro atoms. The second kappa shape index (κ2) is 7.35. The van der Waals surface area contributed by atoms with Gasteiger partial charge in [-0.15, -0.1) is 0 Å². The molecule has 2 aromatic rings. The zero-order valence-electron chi connectivity index (χ0n) is 14.2. The van der Waals surface area contributed by atoms with Gasteiger partial charge in [0.05, 0.1) is 5.92 Å². The SMILES string of the molecule is N=C(N)c1ccc(N2CCC(c3ccc(CCC(=O)O)cc3)C2=O)nc1. The van der Waals surface area contributed by atoms with Crippen molar-refractivity contribution in [2.75, 3.05) is 11.4 Å². The summed E-state index contributed by atoms with van der Waals surface area (Å²) in [6.45, 7) is 0.580. The van der Waals surface area contributed by atoms with Crippen LogP contribution >= 0.6 is 0 Å². The molecule has 1 amide bonds. The van der Waals surface area contributed by atoms with Gasteiger partial charge in [-0.2, -0.15) is 0 Å². The Bertz CT molecular complexity index is 831. The van der Waals surface area contributed by atoms with Crippen LogP contribution in [0.1, 0.15) is 35.4 Å². The fourth-order valence-electron chi connectivity index (χ4n) is 3.09. The monoisotopic (exact) mass is 352 g/mol. The number of pyridine rings is 1. The lowest BCUT2D eigenvalue weighted by Gasteiger charge is -2.16. The number of amidine groups is 1. The number of nitrogens with one attached hydrogen (secondary N) is 1. The van der Waals surface area contributed by atoms with Crippen molar-refractivity contribution in [3.05, 3.63) is 59.3 Å². The molecule has 1 aliphatic rings. The van der Waals surface area contributed by atoms with Gasteiger partial charge in [-0.3, -0.25) is 19.9 Å². The molecule has 1 saturated heterocycles. The van der Waals surface area contributed by atoms with Crippen molar-refractivity contribution >= 4 is 23.5 Å². The predicted octanol–water partition coefficient (Wildman–Crippen LogP) is 1.90. The van der Waals surface area contributed by atoms with Crippen LogP contribution in [0.4, 0.5) is 5.82 Å². The number of anilines is 1. The van der Waals surface area contributed by atoms with Gasteiger partial charge in [-0.25, -0.2) is 4.98 Å². The molecule has 7 heteroatoms. The second-order valence-electron chi connectivity index (χ2n) is 6.29. The average molecular weight is 352 g/mol. The highest BCUT2D eigenvalue weighted by molar-refractivity contribution is 6.00. The molecule has 1 atom stereocenters. The number of carboxylic acid groups (broad SMARTS) is 1. The van der Waals surface area contributed by atoms with Crippen LogP contribution in [0.25, 0.3) is 0 Å². The van der Waals surface area contributed by atoms with Gasteiger partial charge in [0.25, 0.3) is 0 Å². The minimum Gasteiger partial charge on any atom is -0.481 e. The largest absolute Gasteiger partial charge is 0.481 e. The van der Waals surface area contributed by atoms with Crippen LogP contribution in [0.3, 0.4) is 0 Å². The molecule has 134 valence electrons. The standard InChI is InChI=1S/C19H20N4O3/c20-18(21)14-6-7-16(22-11-14)23-10-9-15(19(23)26)13-4-1-12(2-5-13)3-8-17(24)25/h1-2,4-7,11,15H,3,8-10H2,(H3,20,21)(H,24,25). The number of aliphatic carboxylic acids is 1. The van der Waals surface area contributed by atoms with E-state index in [0.717, 1.165) is 11.1 Å². The van der Waals surface area contributed by atoms with Crippen molar-refractivity contribution < 1.29 is 14.7 Å². The number of aromatic nitrogens is 1. The van der Waals surface area contributed by atoms with Crippen LogP contribution in [-0.4, -0.2) is 34.3 Å². The molecule has 4 N–H and O–H groups in total. The van der Waals surface area contributed by atoms with Gasteiger partial charge in [0.15, 0.2) is 0 Å². The number of nitrogens with two attached hydrogens (primary N) is 1. The van der Waals surface area contributed by atoms with Gasteiger partial charge in [0.1, 0.15) is 11.7 Å². The summed E-state index contributed by atoms with van der Waals surface area (Å²) in [5.74, 6) is -0.554. The smallest absolute Gasteiger partial charge is 0.303 e. The van der Waals surface area contributed by atoms with Crippen LogP contribution in [-0.2, 0) is 16.0 Å². The third-order valence-corrected chi connectivity index (χ3v) is 4.55. The summed E-state index contributed by atoms with van der Waals surface area (Å²) in [7, 11) is 0. The molecule has 1 aromatic carbocycles. The molecular weight excluding hydrogens is 332 g/mol. The minimum atomic E-state index is -0.820. The summed E-state index contributed by atoms with van der Waals surface area (Å²) in [5.41, 5.74) is 7.82.